The summed E-state index contributed by atoms with van der Waals surface area (Å²) in [5.41, 5.74) is 4.21. The van der Waals surface area contributed by atoms with Gasteiger partial charge in [0.25, 0.3) is 11.5 Å². The average Bonchev–Trinajstić information content (AvgIpc) is 3.39. The number of H-pyrrole nitrogens is 1. The number of rotatable bonds is 6. The summed E-state index contributed by atoms with van der Waals surface area (Å²) in [7, 11) is 0. The first-order valence-corrected chi connectivity index (χ1v) is 13.4. The van der Waals surface area contributed by atoms with Crippen LogP contribution in [0.15, 0.2) is 100 Å². The quantitative estimate of drug-likeness (QED) is 0.358. The van der Waals surface area contributed by atoms with Crippen molar-refractivity contribution in [2.75, 3.05) is 6.61 Å². The second kappa shape index (κ2) is 11.1. The number of amides is 1. The van der Waals surface area contributed by atoms with Crippen molar-refractivity contribution >= 4 is 34.4 Å². The van der Waals surface area contributed by atoms with Gasteiger partial charge in [0.05, 0.1) is 29.3 Å². The van der Waals surface area contributed by atoms with Gasteiger partial charge in [0, 0.05) is 11.3 Å². The molecule has 1 aliphatic carbocycles. The average molecular weight is 533 g/mol. The largest absolute Gasteiger partial charge is 0.455 e. The first kappa shape index (κ1) is 25.4. The molecule has 4 aromatic rings. The summed E-state index contributed by atoms with van der Waals surface area (Å²) in [5.74, 6) is -0.937. The van der Waals surface area contributed by atoms with E-state index in [2.05, 4.69) is 28.4 Å². The molecule has 0 radical (unpaired) electrons. The maximum Gasteiger partial charge on any atom is 0.312 e. The molecule has 2 aliphatic rings. The van der Waals surface area contributed by atoms with Crippen molar-refractivity contribution in [3.8, 4) is 0 Å². The molecule has 40 heavy (non-hydrogen) atoms. The van der Waals surface area contributed by atoms with E-state index in [9.17, 15) is 14.4 Å². The zero-order valence-electron chi connectivity index (χ0n) is 21.8. The number of hydrogen-bond acceptors (Lipinski definition) is 6. The predicted octanol–water partition coefficient (Wildman–Crippen LogP) is 4.83. The minimum absolute atomic E-state index is 0.0578. The Morgan fingerprint density at radius 3 is 2.42 bits per heavy atom. The van der Waals surface area contributed by atoms with Crippen molar-refractivity contribution < 1.29 is 14.3 Å². The normalized spacial score (nSPS) is 19.4. The third-order valence-corrected chi connectivity index (χ3v) is 7.48. The van der Waals surface area contributed by atoms with E-state index in [0.717, 1.165) is 41.7 Å². The maximum absolute atomic E-state index is 13.5. The van der Waals surface area contributed by atoms with E-state index in [1.165, 1.54) is 5.01 Å². The van der Waals surface area contributed by atoms with Crippen LogP contribution in [0.4, 0.5) is 0 Å². The Balaban J connectivity index is 1.23. The number of hydrogen-bond donors (Lipinski definition) is 1. The van der Waals surface area contributed by atoms with Gasteiger partial charge in [-0.25, -0.2) is 10.1 Å². The lowest BCUT2D eigenvalue weighted by Crippen LogP contribution is -2.34. The molecule has 8 nitrogen and oxygen atoms in total. The van der Waals surface area contributed by atoms with Crippen molar-refractivity contribution in [2.45, 2.75) is 31.7 Å². The van der Waals surface area contributed by atoms with Gasteiger partial charge in [0.15, 0.2) is 6.61 Å². The number of nitrogens with one attached hydrogen (secondary N) is 1. The predicted molar refractivity (Wildman–Crippen MR) is 152 cm³/mol. The molecule has 3 aromatic carbocycles. The second-order valence-corrected chi connectivity index (χ2v) is 10.0. The molecule has 1 fully saturated rings. The van der Waals surface area contributed by atoms with Gasteiger partial charge in [-0.05, 0) is 48.1 Å². The Morgan fingerprint density at radius 2 is 1.65 bits per heavy atom. The Labute approximate surface area is 231 Å². The summed E-state index contributed by atoms with van der Waals surface area (Å²) in [6.45, 7) is -0.440. The highest BCUT2D eigenvalue weighted by molar-refractivity contribution is 6.08. The number of aromatic nitrogens is 2. The molecule has 2 atom stereocenters. The van der Waals surface area contributed by atoms with E-state index in [0.29, 0.717) is 16.5 Å². The molecule has 1 aliphatic heterocycles. The number of aromatic amines is 1. The summed E-state index contributed by atoms with van der Waals surface area (Å²) < 4.78 is 5.41. The van der Waals surface area contributed by atoms with Crippen LogP contribution < -0.4 is 5.56 Å². The molecule has 1 aromatic heterocycles. The standard InChI is InChI=1S/C32H28N4O4/c37-28(20-40-29(38)19-27-24-15-7-8-16-25(24)32(39)34-33-27)36-31(22-12-5-2-6-13-22)26-17-9-14-23(30(26)35-36)18-21-10-3-1-4-11-21/h1-8,10-13,15-16,18,26,31H,9,14,17,19-20H2,(H,34,39)/b23-18-/t26-,31+/m0/s1. The van der Waals surface area contributed by atoms with E-state index in [1.807, 2.05) is 48.5 Å². The van der Waals surface area contributed by atoms with Crippen molar-refractivity contribution in [3.05, 3.63) is 118 Å². The Morgan fingerprint density at radius 1 is 0.950 bits per heavy atom. The zero-order chi connectivity index (χ0) is 27.5. The molecule has 0 unspecified atom stereocenters. The molecule has 0 saturated heterocycles. The Bertz CT molecular complexity index is 1680. The van der Waals surface area contributed by atoms with E-state index < -0.39 is 12.6 Å². The van der Waals surface area contributed by atoms with Gasteiger partial charge < -0.3 is 4.74 Å². The number of carbonyl (C=O) groups is 2. The van der Waals surface area contributed by atoms with Crippen molar-refractivity contribution in [1.82, 2.24) is 15.2 Å². The van der Waals surface area contributed by atoms with E-state index in [4.69, 9.17) is 9.84 Å². The molecule has 6 rings (SSSR count). The minimum Gasteiger partial charge on any atom is -0.455 e. The lowest BCUT2D eigenvalue weighted by molar-refractivity contribution is -0.152. The summed E-state index contributed by atoms with van der Waals surface area (Å²) in [6.07, 6.45) is 4.79. The van der Waals surface area contributed by atoms with Gasteiger partial charge in [0.2, 0.25) is 0 Å². The van der Waals surface area contributed by atoms with Crippen LogP contribution in [0, 0.1) is 5.92 Å². The monoisotopic (exact) mass is 532 g/mol. The van der Waals surface area contributed by atoms with Gasteiger partial charge in [-0.2, -0.15) is 10.2 Å². The van der Waals surface area contributed by atoms with Gasteiger partial charge in [0.1, 0.15) is 0 Å². The topological polar surface area (TPSA) is 105 Å². The van der Waals surface area contributed by atoms with Crippen LogP contribution in [0.1, 0.15) is 42.1 Å². The third kappa shape index (κ3) is 5.08. The van der Waals surface area contributed by atoms with Crippen LogP contribution in [-0.4, -0.2) is 39.4 Å². The highest BCUT2D eigenvalue weighted by Gasteiger charge is 2.43. The van der Waals surface area contributed by atoms with Gasteiger partial charge >= 0.3 is 5.97 Å². The fourth-order valence-electron chi connectivity index (χ4n) is 5.64. The van der Waals surface area contributed by atoms with E-state index >= 15 is 0 Å². The van der Waals surface area contributed by atoms with Crippen molar-refractivity contribution in [1.29, 1.82) is 0 Å². The van der Waals surface area contributed by atoms with Crippen LogP contribution in [0.25, 0.3) is 16.8 Å². The first-order chi connectivity index (χ1) is 19.6. The van der Waals surface area contributed by atoms with Crippen molar-refractivity contribution in [2.24, 2.45) is 11.0 Å². The summed E-state index contributed by atoms with van der Waals surface area (Å²) in [6, 6.07) is 26.7. The second-order valence-electron chi connectivity index (χ2n) is 10.0. The number of hydrazone groups is 1. The number of benzene rings is 3. The molecular weight excluding hydrogens is 504 g/mol. The number of allylic oxidation sites excluding steroid dienone is 1. The third-order valence-electron chi connectivity index (χ3n) is 7.48. The highest BCUT2D eigenvalue weighted by Crippen LogP contribution is 2.44. The van der Waals surface area contributed by atoms with Gasteiger partial charge in [-0.15, -0.1) is 0 Å². The Hall–Kier alpha value is -4.85. The molecule has 0 spiro atoms. The molecular formula is C32H28N4O4. The maximum atomic E-state index is 13.5. The molecule has 0 bridgehead atoms. The molecule has 200 valence electrons. The SMILES string of the molecule is O=C(Cc1n[nH]c(=O)c2ccccc12)OCC(=O)N1N=C2/C(=C\c3ccccc3)CCC[C@@H]2[C@H]1c1ccccc1. The molecule has 1 N–H and O–H groups in total. The smallest absolute Gasteiger partial charge is 0.312 e. The number of fused-ring (bicyclic) bond motifs is 2. The van der Waals surface area contributed by atoms with Crippen LogP contribution in [0.3, 0.4) is 0 Å². The lowest BCUT2D eigenvalue weighted by atomic mass is 9.77. The first-order valence-electron chi connectivity index (χ1n) is 13.4. The molecule has 1 amide bonds. The van der Waals surface area contributed by atoms with Crippen LogP contribution in [0.2, 0.25) is 0 Å². The fraction of sp³-hybridized carbons (Fsp3) is 0.219. The van der Waals surface area contributed by atoms with Gasteiger partial charge in [-0.3, -0.25) is 14.4 Å². The molecule has 8 heteroatoms. The van der Waals surface area contributed by atoms with Crippen LogP contribution in [0.5, 0.6) is 0 Å². The summed E-state index contributed by atoms with van der Waals surface area (Å²) in [4.78, 5) is 38.3. The molecule has 2 heterocycles. The highest BCUT2D eigenvalue weighted by atomic mass is 16.5. The number of nitrogens with zero attached hydrogens (tertiary/aromatic N) is 3. The number of esters is 1. The fourth-order valence-corrected chi connectivity index (χ4v) is 5.64. The summed E-state index contributed by atoms with van der Waals surface area (Å²) in [5, 5.41) is 13.8. The number of carbonyl (C=O) groups excluding carboxylic acids is 2. The van der Waals surface area contributed by atoms with E-state index in [1.54, 1.807) is 24.3 Å². The molecule has 1 saturated carbocycles. The lowest BCUT2D eigenvalue weighted by Gasteiger charge is -2.29. The van der Waals surface area contributed by atoms with E-state index in [-0.39, 0.29) is 29.8 Å². The summed E-state index contributed by atoms with van der Waals surface area (Å²) >= 11 is 0. The van der Waals surface area contributed by atoms with Crippen molar-refractivity contribution in [3.63, 3.8) is 0 Å². The zero-order valence-corrected chi connectivity index (χ0v) is 21.8. The Kier molecular flexibility index (Phi) is 7.06. The van der Waals surface area contributed by atoms with Crippen LogP contribution >= 0.6 is 0 Å². The van der Waals surface area contributed by atoms with Crippen LogP contribution in [-0.2, 0) is 20.7 Å². The number of ether oxygens (including phenoxy) is 1. The minimum atomic E-state index is -0.608. The van der Waals surface area contributed by atoms with Gasteiger partial charge in [-0.1, -0.05) is 78.9 Å².